The van der Waals surface area contributed by atoms with E-state index in [2.05, 4.69) is 10.6 Å². The number of carbonyl (C=O) groups excluding carboxylic acids is 2. The molecule has 0 aliphatic heterocycles. The number of benzene rings is 1. The third-order valence-electron chi connectivity index (χ3n) is 4.62. The van der Waals surface area contributed by atoms with Gasteiger partial charge in [-0.25, -0.2) is 4.79 Å². The molecule has 26 heavy (non-hydrogen) atoms. The zero-order valence-corrected chi connectivity index (χ0v) is 15.8. The van der Waals surface area contributed by atoms with Crippen molar-refractivity contribution in [3.05, 3.63) is 18.2 Å². The maximum Gasteiger partial charge on any atom is 0.315 e. The van der Waals surface area contributed by atoms with Gasteiger partial charge >= 0.3 is 6.03 Å². The average molecular weight is 363 g/mol. The number of hydrogen-bond acceptors (Lipinski definition) is 4. The molecule has 1 aromatic rings. The summed E-state index contributed by atoms with van der Waals surface area (Å²) in [7, 11) is 3.12. The number of nitrogens with one attached hydrogen (secondary N) is 2. The fourth-order valence-electron chi connectivity index (χ4n) is 3.23. The summed E-state index contributed by atoms with van der Waals surface area (Å²) in [5.74, 6) is 1.05. The van der Waals surface area contributed by atoms with E-state index in [9.17, 15) is 9.59 Å². The van der Waals surface area contributed by atoms with E-state index in [0.29, 0.717) is 30.3 Å². The van der Waals surface area contributed by atoms with Crippen molar-refractivity contribution in [2.45, 2.75) is 45.1 Å². The van der Waals surface area contributed by atoms with E-state index in [1.54, 1.807) is 37.3 Å². The Balaban J connectivity index is 1.90. The monoisotopic (exact) mass is 363 g/mol. The van der Waals surface area contributed by atoms with E-state index >= 15 is 0 Å². The Morgan fingerprint density at radius 2 is 1.81 bits per heavy atom. The standard InChI is InChI=1S/C19H29N3O4/c1-14(23)22(16-9-10-17(25-2)18(13-16)26-3)12-11-20-19(24)21-15-7-5-4-6-8-15/h9-10,13,15H,4-8,11-12H2,1-3H3,(H2,20,21,24). The van der Waals surface area contributed by atoms with Crippen LogP contribution in [0.5, 0.6) is 11.5 Å². The van der Waals surface area contributed by atoms with Gasteiger partial charge < -0.3 is 25.0 Å². The normalized spacial score (nSPS) is 14.4. The molecule has 0 atom stereocenters. The van der Waals surface area contributed by atoms with Crippen LogP contribution in [0.2, 0.25) is 0 Å². The smallest absolute Gasteiger partial charge is 0.315 e. The highest BCUT2D eigenvalue weighted by Gasteiger charge is 2.17. The minimum atomic E-state index is -0.173. The zero-order valence-electron chi connectivity index (χ0n) is 15.8. The van der Waals surface area contributed by atoms with Crippen LogP contribution in [0.15, 0.2) is 18.2 Å². The second-order valence-corrected chi connectivity index (χ2v) is 6.45. The van der Waals surface area contributed by atoms with Crippen molar-refractivity contribution in [2.75, 3.05) is 32.2 Å². The van der Waals surface area contributed by atoms with Gasteiger partial charge in [-0.1, -0.05) is 19.3 Å². The minimum absolute atomic E-state index is 0.105. The van der Waals surface area contributed by atoms with Gasteiger partial charge in [0.1, 0.15) is 0 Å². The van der Waals surface area contributed by atoms with Crippen LogP contribution >= 0.6 is 0 Å². The first-order valence-electron chi connectivity index (χ1n) is 9.09. The molecular weight excluding hydrogens is 334 g/mol. The molecule has 0 aromatic heterocycles. The zero-order chi connectivity index (χ0) is 18.9. The van der Waals surface area contributed by atoms with Gasteiger partial charge in [0, 0.05) is 37.8 Å². The van der Waals surface area contributed by atoms with Crippen molar-refractivity contribution in [2.24, 2.45) is 0 Å². The van der Waals surface area contributed by atoms with Crippen LogP contribution in [0.25, 0.3) is 0 Å². The molecule has 7 heteroatoms. The summed E-state index contributed by atoms with van der Waals surface area (Å²) in [6.45, 7) is 2.24. The largest absolute Gasteiger partial charge is 0.493 e. The number of hydrogen-bond donors (Lipinski definition) is 2. The molecule has 0 bridgehead atoms. The van der Waals surface area contributed by atoms with Crippen molar-refractivity contribution in [1.29, 1.82) is 0 Å². The van der Waals surface area contributed by atoms with Gasteiger partial charge in [-0.2, -0.15) is 0 Å². The maximum atomic E-state index is 12.0. The lowest BCUT2D eigenvalue weighted by molar-refractivity contribution is -0.116. The lowest BCUT2D eigenvalue weighted by Gasteiger charge is -2.24. The number of urea groups is 1. The van der Waals surface area contributed by atoms with Crippen LogP contribution in [0, 0.1) is 0 Å². The highest BCUT2D eigenvalue weighted by molar-refractivity contribution is 5.92. The molecule has 0 saturated heterocycles. The van der Waals surface area contributed by atoms with Crippen molar-refractivity contribution < 1.29 is 19.1 Å². The summed E-state index contributed by atoms with van der Waals surface area (Å²) < 4.78 is 10.5. The van der Waals surface area contributed by atoms with Crippen molar-refractivity contribution in [1.82, 2.24) is 10.6 Å². The number of carbonyl (C=O) groups is 2. The summed E-state index contributed by atoms with van der Waals surface area (Å²) in [5.41, 5.74) is 0.699. The molecule has 0 heterocycles. The van der Waals surface area contributed by atoms with E-state index < -0.39 is 0 Å². The highest BCUT2D eigenvalue weighted by Crippen LogP contribution is 2.31. The molecule has 0 spiro atoms. The predicted octanol–water partition coefficient (Wildman–Crippen LogP) is 2.69. The van der Waals surface area contributed by atoms with Gasteiger partial charge in [0.2, 0.25) is 5.91 Å². The fraction of sp³-hybridized carbons (Fsp3) is 0.579. The molecule has 1 fully saturated rings. The van der Waals surface area contributed by atoms with Gasteiger partial charge in [-0.3, -0.25) is 4.79 Å². The number of anilines is 1. The molecule has 2 N–H and O–H groups in total. The average Bonchev–Trinajstić information content (AvgIpc) is 2.65. The number of nitrogens with zero attached hydrogens (tertiary/aromatic N) is 1. The fourth-order valence-corrected chi connectivity index (χ4v) is 3.23. The Bertz CT molecular complexity index is 615. The van der Waals surface area contributed by atoms with Crippen molar-refractivity contribution in [3.63, 3.8) is 0 Å². The summed E-state index contributed by atoms with van der Waals surface area (Å²) in [5, 5.41) is 5.84. The van der Waals surface area contributed by atoms with Crippen LogP contribution < -0.4 is 25.0 Å². The second kappa shape index (κ2) is 9.89. The second-order valence-electron chi connectivity index (χ2n) is 6.45. The number of amides is 3. The van der Waals surface area contributed by atoms with Crippen molar-refractivity contribution >= 4 is 17.6 Å². The van der Waals surface area contributed by atoms with Crippen LogP contribution in [-0.2, 0) is 4.79 Å². The number of ether oxygens (including phenoxy) is 2. The SMILES string of the molecule is COc1ccc(N(CCNC(=O)NC2CCCCC2)C(C)=O)cc1OC. The molecular formula is C19H29N3O4. The molecule has 2 rings (SSSR count). The third kappa shape index (κ3) is 5.54. The maximum absolute atomic E-state index is 12.0. The van der Waals surface area contributed by atoms with E-state index in [-0.39, 0.29) is 18.0 Å². The summed E-state index contributed by atoms with van der Waals surface area (Å²) in [6, 6.07) is 5.40. The first-order chi connectivity index (χ1) is 12.5. The van der Waals surface area contributed by atoms with Crippen LogP contribution in [0.3, 0.4) is 0 Å². The van der Waals surface area contributed by atoms with Crippen LogP contribution in [0.4, 0.5) is 10.5 Å². The predicted molar refractivity (Wildman–Crippen MR) is 101 cm³/mol. The Hall–Kier alpha value is -2.44. The molecule has 1 aromatic carbocycles. The summed E-state index contributed by atoms with van der Waals surface area (Å²) in [4.78, 5) is 25.6. The first kappa shape index (κ1) is 19.9. The molecule has 144 valence electrons. The van der Waals surface area contributed by atoms with E-state index in [0.717, 1.165) is 12.8 Å². The molecule has 1 aliphatic rings. The van der Waals surface area contributed by atoms with Gasteiger partial charge in [0.05, 0.1) is 14.2 Å². The molecule has 0 radical (unpaired) electrons. The van der Waals surface area contributed by atoms with Gasteiger partial charge in [0.15, 0.2) is 11.5 Å². The number of rotatable bonds is 7. The lowest BCUT2D eigenvalue weighted by atomic mass is 9.96. The van der Waals surface area contributed by atoms with Crippen molar-refractivity contribution in [3.8, 4) is 11.5 Å². The van der Waals surface area contributed by atoms with E-state index in [1.165, 1.54) is 26.2 Å². The van der Waals surface area contributed by atoms with E-state index in [1.807, 2.05) is 0 Å². The van der Waals surface area contributed by atoms with Crippen LogP contribution in [-0.4, -0.2) is 45.3 Å². The Morgan fingerprint density at radius 1 is 1.12 bits per heavy atom. The molecule has 0 unspecified atom stereocenters. The highest BCUT2D eigenvalue weighted by atomic mass is 16.5. The minimum Gasteiger partial charge on any atom is -0.493 e. The summed E-state index contributed by atoms with van der Waals surface area (Å²) in [6.07, 6.45) is 5.67. The quantitative estimate of drug-likeness (QED) is 0.781. The Morgan fingerprint density at radius 3 is 2.42 bits per heavy atom. The molecule has 1 aliphatic carbocycles. The Kier molecular flexibility index (Phi) is 7.56. The summed E-state index contributed by atoms with van der Waals surface area (Å²) >= 11 is 0. The lowest BCUT2D eigenvalue weighted by Crippen LogP contribution is -2.45. The molecule has 1 saturated carbocycles. The van der Waals surface area contributed by atoms with Crippen LogP contribution in [0.1, 0.15) is 39.0 Å². The van der Waals surface area contributed by atoms with Gasteiger partial charge in [0.25, 0.3) is 0 Å². The Labute approximate surface area is 155 Å². The van der Waals surface area contributed by atoms with E-state index in [4.69, 9.17) is 9.47 Å². The van der Waals surface area contributed by atoms with Gasteiger partial charge in [-0.15, -0.1) is 0 Å². The molecule has 3 amide bonds. The third-order valence-corrected chi connectivity index (χ3v) is 4.62. The number of methoxy groups -OCH3 is 2. The topological polar surface area (TPSA) is 79.9 Å². The molecule has 7 nitrogen and oxygen atoms in total. The van der Waals surface area contributed by atoms with Gasteiger partial charge in [-0.05, 0) is 25.0 Å². The first-order valence-corrected chi connectivity index (χ1v) is 9.09.